The van der Waals surface area contributed by atoms with Crippen molar-refractivity contribution in [2.24, 2.45) is 0 Å². The number of rotatable bonds is 5. The standard InChI is InChI=1S/C11H13BrO3/c1-2-3-6-15-10-7-8(12)4-5-9(10)11(13)14/h4-5,7H,2-3,6H2,1H3,(H,13,14). The Hall–Kier alpha value is -1.03. The van der Waals surface area contributed by atoms with Gasteiger partial charge in [-0.15, -0.1) is 0 Å². The van der Waals surface area contributed by atoms with Crippen LogP contribution < -0.4 is 4.74 Å². The molecule has 0 heterocycles. The van der Waals surface area contributed by atoms with Gasteiger partial charge in [0.1, 0.15) is 11.3 Å². The highest BCUT2D eigenvalue weighted by atomic mass is 79.9. The molecule has 0 fully saturated rings. The summed E-state index contributed by atoms with van der Waals surface area (Å²) >= 11 is 3.28. The molecule has 0 bridgehead atoms. The van der Waals surface area contributed by atoms with Crippen LogP contribution in [-0.2, 0) is 0 Å². The van der Waals surface area contributed by atoms with Crippen molar-refractivity contribution in [2.75, 3.05) is 6.61 Å². The fourth-order valence-electron chi connectivity index (χ4n) is 1.12. The molecular weight excluding hydrogens is 260 g/mol. The highest BCUT2D eigenvalue weighted by molar-refractivity contribution is 9.10. The second-order valence-electron chi connectivity index (χ2n) is 3.15. The highest BCUT2D eigenvalue weighted by Gasteiger charge is 2.11. The summed E-state index contributed by atoms with van der Waals surface area (Å²) in [7, 11) is 0. The molecule has 1 rings (SSSR count). The van der Waals surface area contributed by atoms with Gasteiger partial charge in [-0.1, -0.05) is 29.3 Å². The van der Waals surface area contributed by atoms with E-state index in [9.17, 15) is 4.79 Å². The Balaban J connectivity index is 2.82. The molecule has 1 aromatic rings. The number of carbonyl (C=O) groups is 1. The fraction of sp³-hybridized carbons (Fsp3) is 0.364. The first-order chi connectivity index (χ1) is 7.15. The molecule has 4 heteroatoms. The van der Waals surface area contributed by atoms with Crippen molar-refractivity contribution in [3.05, 3.63) is 28.2 Å². The van der Waals surface area contributed by atoms with Crippen LogP contribution in [0.5, 0.6) is 5.75 Å². The summed E-state index contributed by atoms with van der Waals surface area (Å²) < 4.78 is 6.23. The van der Waals surface area contributed by atoms with Gasteiger partial charge in [-0.25, -0.2) is 4.79 Å². The fourth-order valence-corrected chi connectivity index (χ4v) is 1.46. The van der Waals surface area contributed by atoms with Gasteiger partial charge < -0.3 is 9.84 Å². The lowest BCUT2D eigenvalue weighted by atomic mass is 10.2. The number of ether oxygens (including phenoxy) is 1. The Labute approximate surface area is 97.2 Å². The molecule has 0 saturated carbocycles. The van der Waals surface area contributed by atoms with E-state index in [0.717, 1.165) is 17.3 Å². The summed E-state index contributed by atoms with van der Waals surface area (Å²) in [5.74, 6) is -0.542. The summed E-state index contributed by atoms with van der Waals surface area (Å²) in [5.41, 5.74) is 0.203. The average Bonchev–Trinajstić information content (AvgIpc) is 2.18. The van der Waals surface area contributed by atoms with Gasteiger partial charge >= 0.3 is 5.97 Å². The number of unbranched alkanes of at least 4 members (excludes halogenated alkanes) is 1. The van der Waals surface area contributed by atoms with Gasteiger partial charge in [-0.3, -0.25) is 0 Å². The van der Waals surface area contributed by atoms with E-state index in [1.54, 1.807) is 12.1 Å². The van der Waals surface area contributed by atoms with E-state index >= 15 is 0 Å². The largest absolute Gasteiger partial charge is 0.493 e. The monoisotopic (exact) mass is 272 g/mol. The number of hydrogen-bond acceptors (Lipinski definition) is 2. The van der Waals surface area contributed by atoms with Crippen molar-refractivity contribution in [3.63, 3.8) is 0 Å². The molecule has 0 amide bonds. The molecule has 1 aromatic carbocycles. The van der Waals surface area contributed by atoms with Gasteiger partial charge in [0.25, 0.3) is 0 Å². The Morgan fingerprint density at radius 1 is 1.53 bits per heavy atom. The minimum absolute atomic E-state index is 0.203. The first-order valence-electron chi connectivity index (χ1n) is 4.80. The maximum absolute atomic E-state index is 10.9. The molecule has 0 saturated heterocycles. The lowest BCUT2D eigenvalue weighted by molar-refractivity contribution is 0.0692. The zero-order chi connectivity index (χ0) is 11.3. The lowest BCUT2D eigenvalue weighted by Crippen LogP contribution is -2.04. The maximum Gasteiger partial charge on any atom is 0.339 e. The van der Waals surface area contributed by atoms with Crippen molar-refractivity contribution >= 4 is 21.9 Å². The molecule has 0 radical (unpaired) electrons. The van der Waals surface area contributed by atoms with Gasteiger partial charge in [-0.2, -0.15) is 0 Å². The third kappa shape index (κ3) is 3.55. The summed E-state index contributed by atoms with van der Waals surface area (Å²) in [5, 5.41) is 8.92. The van der Waals surface area contributed by atoms with Crippen LogP contribution in [0.1, 0.15) is 30.1 Å². The first-order valence-corrected chi connectivity index (χ1v) is 5.60. The first kappa shape index (κ1) is 12.0. The Morgan fingerprint density at radius 3 is 2.87 bits per heavy atom. The molecule has 15 heavy (non-hydrogen) atoms. The number of halogens is 1. The van der Waals surface area contributed by atoms with E-state index in [0.29, 0.717) is 12.4 Å². The maximum atomic E-state index is 10.9. The van der Waals surface area contributed by atoms with Gasteiger partial charge in [-0.05, 0) is 24.6 Å². The summed E-state index contributed by atoms with van der Waals surface area (Å²) in [4.78, 5) is 10.9. The van der Waals surface area contributed by atoms with Crippen LogP contribution in [-0.4, -0.2) is 17.7 Å². The van der Waals surface area contributed by atoms with Crippen LogP contribution in [0, 0.1) is 0 Å². The van der Waals surface area contributed by atoms with E-state index < -0.39 is 5.97 Å². The smallest absolute Gasteiger partial charge is 0.339 e. The molecular formula is C11H13BrO3. The van der Waals surface area contributed by atoms with E-state index in [1.165, 1.54) is 6.07 Å². The molecule has 0 spiro atoms. The molecule has 0 aliphatic carbocycles. The van der Waals surface area contributed by atoms with Gasteiger partial charge in [0.05, 0.1) is 6.61 Å². The second-order valence-corrected chi connectivity index (χ2v) is 4.06. The van der Waals surface area contributed by atoms with Crippen molar-refractivity contribution in [1.82, 2.24) is 0 Å². The van der Waals surface area contributed by atoms with Gasteiger partial charge in [0, 0.05) is 4.47 Å². The number of hydrogen-bond donors (Lipinski definition) is 1. The number of carboxylic acids is 1. The molecule has 82 valence electrons. The molecule has 0 aliphatic heterocycles. The molecule has 3 nitrogen and oxygen atoms in total. The third-order valence-corrected chi connectivity index (χ3v) is 2.42. The Bertz CT molecular complexity index is 350. The average molecular weight is 273 g/mol. The lowest BCUT2D eigenvalue weighted by Gasteiger charge is -2.08. The van der Waals surface area contributed by atoms with Crippen molar-refractivity contribution in [2.45, 2.75) is 19.8 Å². The van der Waals surface area contributed by atoms with Crippen LogP contribution in [0.2, 0.25) is 0 Å². The van der Waals surface area contributed by atoms with Gasteiger partial charge in [0.2, 0.25) is 0 Å². The van der Waals surface area contributed by atoms with Crippen LogP contribution >= 0.6 is 15.9 Å². The van der Waals surface area contributed by atoms with Crippen LogP contribution in [0.4, 0.5) is 0 Å². The predicted octanol–water partition coefficient (Wildman–Crippen LogP) is 3.33. The summed E-state index contributed by atoms with van der Waals surface area (Å²) in [6.45, 7) is 2.61. The quantitative estimate of drug-likeness (QED) is 0.837. The Kier molecular flexibility index (Phi) is 4.62. The highest BCUT2D eigenvalue weighted by Crippen LogP contribution is 2.24. The number of carboxylic acid groups (broad SMARTS) is 1. The van der Waals surface area contributed by atoms with E-state index in [-0.39, 0.29) is 5.56 Å². The topological polar surface area (TPSA) is 46.5 Å². The third-order valence-electron chi connectivity index (χ3n) is 1.93. The minimum Gasteiger partial charge on any atom is -0.493 e. The van der Waals surface area contributed by atoms with E-state index in [2.05, 4.69) is 22.9 Å². The molecule has 0 aliphatic rings. The van der Waals surface area contributed by atoms with Crippen LogP contribution in [0.15, 0.2) is 22.7 Å². The number of aromatic carboxylic acids is 1. The van der Waals surface area contributed by atoms with Crippen LogP contribution in [0.25, 0.3) is 0 Å². The van der Waals surface area contributed by atoms with E-state index in [1.807, 2.05) is 0 Å². The van der Waals surface area contributed by atoms with Crippen LogP contribution in [0.3, 0.4) is 0 Å². The Morgan fingerprint density at radius 2 is 2.27 bits per heavy atom. The molecule has 0 unspecified atom stereocenters. The molecule has 0 aromatic heterocycles. The van der Waals surface area contributed by atoms with Crippen molar-refractivity contribution in [1.29, 1.82) is 0 Å². The SMILES string of the molecule is CCCCOc1cc(Br)ccc1C(=O)O. The summed E-state index contributed by atoms with van der Waals surface area (Å²) in [6.07, 6.45) is 1.95. The second kappa shape index (κ2) is 5.75. The zero-order valence-corrected chi connectivity index (χ0v) is 10.1. The minimum atomic E-state index is -0.964. The summed E-state index contributed by atoms with van der Waals surface area (Å²) in [6, 6.07) is 4.91. The van der Waals surface area contributed by atoms with E-state index in [4.69, 9.17) is 9.84 Å². The van der Waals surface area contributed by atoms with Gasteiger partial charge in [0.15, 0.2) is 0 Å². The zero-order valence-electron chi connectivity index (χ0n) is 8.50. The van der Waals surface area contributed by atoms with Crippen molar-refractivity contribution < 1.29 is 14.6 Å². The number of benzene rings is 1. The van der Waals surface area contributed by atoms with Crippen molar-refractivity contribution in [3.8, 4) is 5.75 Å². The predicted molar refractivity (Wildman–Crippen MR) is 61.5 cm³/mol. The molecule has 1 N–H and O–H groups in total. The molecule has 0 atom stereocenters. The normalized spacial score (nSPS) is 10.0.